The van der Waals surface area contributed by atoms with E-state index in [1.165, 1.54) is 28.6 Å². The SMILES string of the molecule is Cc1nn(-c2ccccc2)c(C)c1C(=O)C(=O)Nc1ccc(S(=O)(=O)N(C)C2CCCCC2)cc1. The third kappa shape index (κ3) is 5.06. The Kier molecular flexibility index (Phi) is 7.18. The minimum Gasteiger partial charge on any atom is -0.319 e. The van der Waals surface area contributed by atoms with Crippen LogP contribution >= 0.6 is 0 Å². The Morgan fingerprint density at radius 1 is 0.971 bits per heavy atom. The zero-order valence-corrected chi connectivity index (χ0v) is 21.0. The molecule has 184 valence electrons. The standard InChI is InChI=1S/C26H30N4O4S/c1-18-24(19(2)30(28-18)22-12-8-5-9-13-22)25(31)26(32)27-20-14-16-23(17-15-20)35(33,34)29(3)21-10-6-4-7-11-21/h5,8-9,12-17,21H,4,6-7,10-11H2,1-3H3,(H,27,32). The highest BCUT2D eigenvalue weighted by molar-refractivity contribution is 7.89. The van der Waals surface area contributed by atoms with E-state index in [0.29, 0.717) is 17.1 Å². The number of aryl methyl sites for hydroxylation is 1. The van der Waals surface area contributed by atoms with Crippen LogP contribution in [-0.4, -0.2) is 47.3 Å². The largest absolute Gasteiger partial charge is 0.319 e. The first-order valence-electron chi connectivity index (χ1n) is 11.8. The lowest BCUT2D eigenvalue weighted by molar-refractivity contribution is -0.112. The van der Waals surface area contributed by atoms with E-state index < -0.39 is 21.7 Å². The Morgan fingerprint density at radius 2 is 1.60 bits per heavy atom. The second kappa shape index (κ2) is 10.1. The van der Waals surface area contributed by atoms with Crippen molar-refractivity contribution in [2.45, 2.75) is 56.9 Å². The van der Waals surface area contributed by atoms with Gasteiger partial charge in [-0.3, -0.25) is 9.59 Å². The molecule has 1 saturated carbocycles. The topological polar surface area (TPSA) is 101 Å². The third-order valence-electron chi connectivity index (χ3n) is 6.60. The average Bonchev–Trinajstić information content (AvgIpc) is 3.18. The van der Waals surface area contributed by atoms with Crippen LogP contribution in [0.5, 0.6) is 0 Å². The number of aromatic nitrogens is 2. The number of Topliss-reactive ketones (excluding diaryl/α,β-unsaturated/α-hetero) is 1. The number of sulfonamides is 1. The molecule has 0 aliphatic heterocycles. The van der Waals surface area contributed by atoms with E-state index in [9.17, 15) is 18.0 Å². The predicted molar refractivity (Wildman–Crippen MR) is 134 cm³/mol. The molecule has 1 amide bonds. The molecular formula is C26H30N4O4S. The molecule has 4 rings (SSSR count). The molecule has 35 heavy (non-hydrogen) atoms. The number of hydrogen-bond donors (Lipinski definition) is 1. The number of para-hydroxylation sites is 1. The van der Waals surface area contributed by atoms with Crippen molar-refractivity contribution in [1.29, 1.82) is 0 Å². The fourth-order valence-electron chi connectivity index (χ4n) is 4.61. The Hall–Kier alpha value is -3.30. The van der Waals surface area contributed by atoms with E-state index in [1.807, 2.05) is 30.3 Å². The van der Waals surface area contributed by atoms with Gasteiger partial charge in [0.25, 0.3) is 11.7 Å². The molecule has 9 heteroatoms. The molecule has 1 aromatic heterocycles. The summed E-state index contributed by atoms with van der Waals surface area (Å²) >= 11 is 0. The summed E-state index contributed by atoms with van der Waals surface area (Å²) in [6, 6.07) is 15.3. The number of anilines is 1. The Morgan fingerprint density at radius 3 is 2.23 bits per heavy atom. The van der Waals surface area contributed by atoms with E-state index in [0.717, 1.165) is 37.8 Å². The van der Waals surface area contributed by atoms with Crippen LogP contribution in [0.4, 0.5) is 5.69 Å². The van der Waals surface area contributed by atoms with Crippen LogP contribution in [0, 0.1) is 13.8 Å². The average molecular weight is 495 g/mol. The summed E-state index contributed by atoms with van der Waals surface area (Å²) in [6.45, 7) is 3.44. The summed E-state index contributed by atoms with van der Waals surface area (Å²) in [5, 5.41) is 7.01. The number of carbonyl (C=O) groups excluding carboxylic acids is 2. The van der Waals surface area contributed by atoms with Gasteiger partial charge in [-0.25, -0.2) is 13.1 Å². The normalized spacial score (nSPS) is 14.7. The highest BCUT2D eigenvalue weighted by atomic mass is 32.2. The Labute approximate surface area is 206 Å². The monoisotopic (exact) mass is 494 g/mol. The van der Waals surface area contributed by atoms with Gasteiger partial charge in [0.2, 0.25) is 10.0 Å². The lowest BCUT2D eigenvalue weighted by atomic mass is 9.96. The van der Waals surface area contributed by atoms with Gasteiger partial charge in [0.05, 0.1) is 27.5 Å². The zero-order valence-electron chi connectivity index (χ0n) is 20.2. The van der Waals surface area contributed by atoms with Gasteiger partial charge in [0.1, 0.15) is 0 Å². The molecule has 3 aromatic rings. The molecular weight excluding hydrogens is 464 g/mol. The van der Waals surface area contributed by atoms with Crippen molar-refractivity contribution in [2.75, 3.05) is 12.4 Å². The Bertz CT molecular complexity index is 1330. The Balaban J connectivity index is 1.48. The molecule has 0 saturated heterocycles. The quantitative estimate of drug-likeness (QED) is 0.391. The number of benzene rings is 2. The second-order valence-corrected chi connectivity index (χ2v) is 10.9. The minimum atomic E-state index is -3.64. The molecule has 1 N–H and O–H groups in total. The van der Waals surface area contributed by atoms with E-state index in [4.69, 9.17) is 0 Å². The molecule has 0 radical (unpaired) electrons. The lowest BCUT2D eigenvalue weighted by Gasteiger charge is -2.30. The predicted octanol–water partition coefficient (Wildman–Crippen LogP) is 4.26. The van der Waals surface area contributed by atoms with E-state index in [-0.39, 0.29) is 16.5 Å². The summed E-state index contributed by atoms with van der Waals surface area (Å²) < 4.78 is 29.1. The molecule has 1 fully saturated rings. The number of carbonyl (C=O) groups is 2. The van der Waals surface area contributed by atoms with Crippen molar-refractivity contribution in [1.82, 2.24) is 14.1 Å². The van der Waals surface area contributed by atoms with Crippen LogP contribution in [0.2, 0.25) is 0 Å². The second-order valence-electron chi connectivity index (χ2n) is 8.91. The maximum absolute atomic E-state index is 13.0. The highest BCUT2D eigenvalue weighted by Crippen LogP contribution is 2.27. The number of ketones is 1. The number of hydrogen-bond acceptors (Lipinski definition) is 5. The summed E-state index contributed by atoms with van der Waals surface area (Å²) in [5.74, 6) is -1.50. The molecule has 1 aliphatic rings. The summed E-state index contributed by atoms with van der Waals surface area (Å²) in [7, 11) is -2.01. The van der Waals surface area contributed by atoms with Crippen LogP contribution in [0.3, 0.4) is 0 Å². The summed E-state index contributed by atoms with van der Waals surface area (Å²) in [6.07, 6.45) is 4.94. The third-order valence-corrected chi connectivity index (χ3v) is 8.53. The number of nitrogens with one attached hydrogen (secondary N) is 1. The van der Waals surface area contributed by atoms with Crippen LogP contribution < -0.4 is 5.32 Å². The molecule has 0 bridgehead atoms. The van der Waals surface area contributed by atoms with Crippen molar-refractivity contribution in [3.63, 3.8) is 0 Å². The molecule has 0 spiro atoms. The van der Waals surface area contributed by atoms with E-state index >= 15 is 0 Å². The van der Waals surface area contributed by atoms with Crippen LogP contribution in [0.25, 0.3) is 5.69 Å². The van der Waals surface area contributed by atoms with Gasteiger partial charge in [-0.05, 0) is 63.1 Å². The first-order valence-corrected chi connectivity index (χ1v) is 13.2. The zero-order chi connectivity index (χ0) is 25.2. The summed E-state index contributed by atoms with van der Waals surface area (Å²) in [4.78, 5) is 25.9. The molecule has 8 nitrogen and oxygen atoms in total. The van der Waals surface area contributed by atoms with Gasteiger partial charge >= 0.3 is 0 Å². The van der Waals surface area contributed by atoms with Gasteiger partial charge < -0.3 is 5.32 Å². The molecule has 0 unspecified atom stereocenters. The highest BCUT2D eigenvalue weighted by Gasteiger charge is 2.29. The van der Waals surface area contributed by atoms with E-state index in [1.54, 1.807) is 25.6 Å². The lowest BCUT2D eigenvalue weighted by Crippen LogP contribution is -2.38. The van der Waals surface area contributed by atoms with Crippen molar-refractivity contribution in [3.05, 3.63) is 71.5 Å². The first-order chi connectivity index (χ1) is 16.7. The van der Waals surface area contributed by atoms with Crippen molar-refractivity contribution >= 4 is 27.4 Å². The molecule has 2 aromatic carbocycles. The number of nitrogens with zero attached hydrogens (tertiary/aromatic N) is 3. The van der Waals surface area contributed by atoms with Gasteiger partial charge in [-0.2, -0.15) is 9.40 Å². The maximum Gasteiger partial charge on any atom is 0.296 e. The van der Waals surface area contributed by atoms with Crippen molar-refractivity contribution in [3.8, 4) is 5.69 Å². The van der Waals surface area contributed by atoms with Gasteiger partial charge in [0.15, 0.2) is 0 Å². The van der Waals surface area contributed by atoms with E-state index in [2.05, 4.69) is 10.4 Å². The fraction of sp³-hybridized carbons (Fsp3) is 0.346. The van der Waals surface area contributed by atoms with Crippen LogP contribution in [0.1, 0.15) is 53.8 Å². The van der Waals surface area contributed by atoms with Gasteiger partial charge in [-0.15, -0.1) is 0 Å². The number of amides is 1. The fourth-order valence-corrected chi connectivity index (χ4v) is 6.03. The number of rotatable bonds is 7. The van der Waals surface area contributed by atoms with Gasteiger partial charge in [-0.1, -0.05) is 37.5 Å². The maximum atomic E-state index is 13.0. The van der Waals surface area contributed by atoms with Crippen LogP contribution in [-0.2, 0) is 14.8 Å². The smallest absolute Gasteiger partial charge is 0.296 e. The molecule has 1 heterocycles. The molecule has 0 atom stereocenters. The van der Waals surface area contributed by atoms with Crippen molar-refractivity contribution < 1.29 is 18.0 Å². The van der Waals surface area contributed by atoms with Gasteiger partial charge in [0, 0.05) is 18.8 Å². The first kappa shape index (κ1) is 24.8. The molecule has 1 aliphatic carbocycles. The minimum absolute atomic E-state index is 0.00836. The van der Waals surface area contributed by atoms with Crippen LogP contribution in [0.15, 0.2) is 59.5 Å². The summed E-state index contributed by atoms with van der Waals surface area (Å²) in [5.41, 5.74) is 2.41. The van der Waals surface area contributed by atoms with Crippen molar-refractivity contribution in [2.24, 2.45) is 0 Å².